The maximum atomic E-state index is 13.8. The van der Waals surface area contributed by atoms with Crippen molar-refractivity contribution >= 4 is 26.0 Å². The van der Waals surface area contributed by atoms with E-state index in [0.29, 0.717) is 12.5 Å². The summed E-state index contributed by atoms with van der Waals surface area (Å²) in [5.41, 5.74) is 0. The number of sulfonamides is 1. The zero-order valence-corrected chi connectivity index (χ0v) is 13.2. The Morgan fingerprint density at radius 3 is 2.70 bits per heavy atom. The fourth-order valence-corrected chi connectivity index (χ4v) is 4.77. The molecule has 112 valence electrons. The van der Waals surface area contributed by atoms with E-state index in [9.17, 15) is 17.2 Å². The van der Waals surface area contributed by atoms with Gasteiger partial charge < -0.3 is 5.32 Å². The quantitative estimate of drug-likeness (QED) is 0.859. The minimum absolute atomic E-state index is 0.0409. The second-order valence-corrected chi connectivity index (χ2v) is 7.32. The molecule has 0 aromatic heterocycles. The SMILES string of the molecule is CC1NCCCC1NS(=O)(=O)c1c(F)cc(F)cc1Br. The summed E-state index contributed by atoms with van der Waals surface area (Å²) < 4.78 is 53.7. The van der Waals surface area contributed by atoms with Crippen LogP contribution in [0.15, 0.2) is 21.5 Å². The van der Waals surface area contributed by atoms with Crippen LogP contribution in [0.4, 0.5) is 8.78 Å². The lowest BCUT2D eigenvalue weighted by Gasteiger charge is -2.30. The molecule has 4 nitrogen and oxygen atoms in total. The summed E-state index contributed by atoms with van der Waals surface area (Å²) >= 11 is 2.90. The maximum Gasteiger partial charge on any atom is 0.244 e. The Kier molecular flexibility index (Phi) is 4.78. The lowest BCUT2D eigenvalue weighted by Crippen LogP contribution is -2.51. The molecule has 0 spiro atoms. The highest BCUT2D eigenvalue weighted by Gasteiger charge is 2.30. The largest absolute Gasteiger partial charge is 0.313 e. The molecule has 1 saturated heterocycles. The van der Waals surface area contributed by atoms with Crippen LogP contribution >= 0.6 is 15.9 Å². The second-order valence-electron chi connectivity index (χ2n) is 4.81. The number of piperidine rings is 1. The Morgan fingerprint density at radius 1 is 1.40 bits per heavy atom. The average molecular weight is 369 g/mol. The molecule has 1 heterocycles. The Labute approximate surface area is 125 Å². The van der Waals surface area contributed by atoms with Crippen molar-refractivity contribution in [1.82, 2.24) is 10.0 Å². The van der Waals surface area contributed by atoms with Gasteiger partial charge in [0.05, 0.1) is 0 Å². The molecule has 0 saturated carbocycles. The minimum atomic E-state index is -4.05. The molecular weight excluding hydrogens is 354 g/mol. The van der Waals surface area contributed by atoms with E-state index in [1.165, 1.54) is 0 Å². The fourth-order valence-electron chi connectivity index (χ4n) is 2.25. The second kappa shape index (κ2) is 6.05. The van der Waals surface area contributed by atoms with Gasteiger partial charge in [0.1, 0.15) is 16.5 Å². The normalized spacial score (nSPS) is 23.8. The number of nitrogens with one attached hydrogen (secondary N) is 2. The van der Waals surface area contributed by atoms with Crippen LogP contribution in [0.3, 0.4) is 0 Å². The molecule has 2 rings (SSSR count). The van der Waals surface area contributed by atoms with E-state index in [-0.39, 0.29) is 16.6 Å². The molecule has 1 aliphatic heterocycles. The Hall–Kier alpha value is -0.570. The van der Waals surface area contributed by atoms with Crippen molar-refractivity contribution < 1.29 is 17.2 Å². The van der Waals surface area contributed by atoms with Crippen molar-refractivity contribution in [1.29, 1.82) is 0 Å². The lowest BCUT2D eigenvalue weighted by atomic mass is 10.0. The first-order valence-corrected chi connectivity index (χ1v) is 8.49. The van der Waals surface area contributed by atoms with Crippen LogP contribution in [-0.2, 0) is 10.0 Å². The Bertz CT molecular complexity index is 586. The predicted octanol–water partition coefficient (Wildman–Crippen LogP) is 2.15. The molecule has 1 aliphatic rings. The summed E-state index contributed by atoms with van der Waals surface area (Å²) in [7, 11) is -4.05. The van der Waals surface area contributed by atoms with E-state index in [1.54, 1.807) is 0 Å². The van der Waals surface area contributed by atoms with Crippen molar-refractivity contribution in [2.75, 3.05) is 6.54 Å². The predicted molar refractivity (Wildman–Crippen MR) is 74.9 cm³/mol. The fraction of sp³-hybridized carbons (Fsp3) is 0.500. The van der Waals surface area contributed by atoms with E-state index in [0.717, 1.165) is 19.0 Å². The van der Waals surface area contributed by atoms with E-state index < -0.39 is 26.6 Å². The van der Waals surface area contributed by atoms with Gasteiger partial charge in [0.25, 0.3) is 0 Å². The molecule has 20 heavy (non-hydrogen) atoms. The molecule has 1 aromatic carbocycles. The molecule has 0 aliphatic carbocycles. The van der Waals surface area contributed by atoms with Gasteiger partial charge in [0.15, 0.2) is 0 Å². The molecule has 0 bridgehead atoms. The molecule has 8 heteroatoms. The van der Waals surface area contributed by atoms with Gasteiger partial charge in [-0.15, -0.1) is 0 Å². The average Bonchev–Trinajstić information content (AvgIpc) is 2.30. The topological polar surface area (TPSA) is 58.2 Å². The van der Waals surface area contributed by atoms with Crippen molar-refractivity contribution in [3.05, 3.63) is 28.2 Å². The first-order chi connectivity index (χ1) is 9.31. The Balaban J connectivity index is 2.31. The van der Waals surface area contributed by atoms with Gasteiger partial charge in [0, 0.05) is 22.6 Å². The first-order valence-electron chi connectivity index (χ1n) is 6.21. The highest BCUT2D eigenvalue weighted by molar-refractivity contribution is 9.10. The zero-order chi connectivity index (χ0) is 14.9. The van der Waals surface area contributed by atoms with Crippen molar-refractivity contribution in [2.24, 2.45) is 0 Å². The molecule has 0 amide bonds. The molecule has 1 aromatic rings. The van der Waals surface area contributed by atoms with Crippen molar-refractivity contribution in [3.8, 4) is 0 Å². The molecule has 2 unspecified atom stereocenters. The minimum Gasteiger partial charge on any atom is -0.313 e. The summed E-state index contributed by atoms with van der Waals surface area (Å²) in [6, 6.07) is 1.13. The highest BCUT2D eigenvalue weighted by atomic mass is 79.9. The summed E-state index contributed by atoms with van der Waals surface area (Å²) in [4.78, 5) is -0.559. The van der Waals surface area contributed by atoms with Gasteiger partial charge in [-0.1, -0.05) is 0 Å². The molecular formula is C12H15BrF2N2O2S. The summed E-state index contributed by atoms with van der Waals surface area (Å²) in [5.74, 6) is -1.94. The van der Waals surface area contributed by atoms with E-state index in [1.807, 2.05) is 6.92 Å². The van der Waals surface area contributed by atoms with Crippen LogP contribution in [0.5, 0.6) is 0 Å². The summed E-state index contributed by atoms with van der Waals surface area (Å²) in [5, 5.41) is 3.15. The van der Waals surface area contributed by atoms with Crippen LogP contribution in [0, 0.1) is 11.6 Å². The van der Waals surface area contributed by atoms with E-state index in [4.69, 9.17) is 0 Å². The Morgan fingerprint density at radius 2 is 2.10 bits per heavy atom. The molecule has 0 radical (unpaired) electrons. The smallest absolute Gasteiger partial charge is 0.244 e. The van der Waals surface area contributed by atoms with Gasteiger partial charge >= 0.3 is 0 Å². The van der Waals surface area contributed by atoms with Crippen molar-refractivity contribution in [2.45, 2.75) is 36.7 Å². The first kappa shape index (κ1) is 15.8. The summed E-state index contributed by atoms with van der Waals surface area (Å²) in [6.07, 6.45) is 1.51. The van der Waals surface area contributed by atoms with Crippen LogP contribution in [0.25, 0.3) is 0 Å². The number of benzene rings is 1. The lowest BCUT2D eigenvalue weighted by molar-refractivity contribution is 0.348. The molecule has 2 atom stereocenters. The monoisotopic (exact) mass is 368 g/mol. The highest BCUT2D eigenvalue weighted by Crippen LogP contribution is 2.27. The van der Waals surface area contributed by atoms with Gasteiger partial charge in [-0.3, -0.25) is 0 Å². The van der Waals surface area contributed by atoms with Gasteiger partial charge in [-0.25, -0.2) is 21.9 Å². The van der Waals surface area contributed by atoms with Crippen LogP contribution in [-0.4, -0.2) is 27.0 Å². The standard InChI is InChI=1S/C12H15BrF2N2O2S/c1-7-11(3-2-4-16-7)17-20(18,19)12-9(13)5-8(14)6-10(12)15/h5-7,11,16-17H,2-4H2,1H3. The van der Waals surface area contributed by atoms with E-state index in [2.05, 4.69) is 26.0 Å². The van der Waals surface area contributed by atoms with Crippen LogP contribution in [0.1, 0.15) is 19.8 Å². The number of halogens is 3. The van der Waals surface area contributed by atoms with Gasteiger partial charge in [-0.2, -0.15) is 0 Å². The molecule has 2 N–H and O–H groups in total. The van der Waals surface area contributed by atoms with E-state index >= 15 is 0 Å². The molecule has 1 fully saturated rings. The van der Waals surface area contributed by atoms with Gasteiger partial charge in [-0.05, 0) is 48.3 Å². The zero-order valence-electron chi connectivity index (χ0n) is 10.8. The summed E-state index contributed by atoms with van der Waals surface area (Å²) in [6.45, 7) is 2.69. The number of rotatable bonds is 3. The number of hydrogen-bond acceptors (Lipinski definition) is 3. The van der Waals surface area contributed by atoms with Crippen LogP contribution < -0.4 is 10.0 Å². The maximum absolute atomic E-state index is 13.8. The third-order valence-electron chi connectivity index (χ3n) is 3.30. The van der Waals surface area contributed by atoms with Crippen LogP contribution in [0.2, 0.25) is 0 Å². The number of hydrogen-bond donors (Lipinski definition) is 2. The third kappa shape index (κ3) is 3.36. The van der Waals surface area contributed by atoms with Crippen molar-refractivity contribution in [3.63, 3.8) is 0 Å². The third-order valence-corrected chi connectivity index (χ3v) is 5.75. The van der Waals surface area contributed by atoms with Gasteiger partial charge in [0.2, 0.25) is 10.0 Å².